The van der Waals surface area contributed by atoms with Crippen LogP contribution in [0.3, 0.4) is 0 Å². The van der Waals surface area contributed by atoms with Gasteiger partial charge in [-0.1, -0.05) is 6.07 Å². The topological polar surface area (TPSA) is 57.1 Å². The zero-order valence-corrected chi connectivity index (χ0v) is 12.1. The molecule has 2 aliphatic heterocycles. The minimum absolute atomic E-state index is 0.241. The lowest BCUT2D eigenvalue weighted by Gasteiger charge is -2.31. The second-order valence-corrected chi connectivity index (χ2v) is 5.42. The first-order valence-corrected chi connectivity index (χ1v) is 7.23. The Hall–Kier alpha value is -1.50. The second-order valence-electron chi connectivity index (χ2n) is 5.42. The molecule has 0 spiro atoms. The number of rotatable bonds is 2. The lowest BCUT2D eigenvalue weighted by atomic mass is 10.1. The summed E-state index contributed by atoms with van der Waals surface area (Å²) in [6, 6.07) is 5.11. The van der Waals surface area contributed by atoms with Crippen molar-refractivity contribution < 1.29 is 14.2 Å². The van der Waals surface area contributed by atoms with Crippen LogP contribution in [-0.2, 0) is 4.74 Å². The van der Waals surface area contributed by atoms with Crippen molar-refractivity contribution in [3.8, 4) is 0 Å². The number of benzene rings is 1. The molecule has 1 aromatic rings. The minimum atomic E-state index is -0.512. The van der Waals surface area contributed by atoms with Gasteiger partial charge in [0.15, 0.2) is 0 Å². The number of aliphatic hydroxyl groups is 1. The van der Waals surface area contributed by atoms with E-state index in [1.54, 1.807) is 6.07 Å². The lowest BCUT2D eigenvalue weighted by molar-refractivity contribution is 0.0255. The Labute approximate surface area is 123 Å². The highest BCUT2D eigenvalue weighted by molar-refractivity contribution is 5.96. The number of aliphatic hydroxyl groups excluding tert-OH is 1. The van der Waals surface area contributed by atoms with Crippen LogP contribution in [0.25, 0.3) is 0 Å². The molecule has 2 heterocycles. The molecule has 2 aliphatic rings. The van der Waals surface area contributed by atoms with E-state index in [-0.39, 0.29) is 11.9 Å². The molecule has 1 fully saturated rings. The van der Waals surface area contributed by atoms with Crippen LogP contribution < -0.4 is 10.2 Å². The molecule has 2 unspecified atom stereocenters. The van der Waals surface area contributed by atoms with Crippen LogP contribution in [0.2, 0.25) is 0 Å². The maximum Gasteiger partial charge on any atom is 0.131 e. The van der Waals surface area contributed by atoms with Gasteiger partial charge in [0, 0.05) is 24.3 Å². The SMILES string of the molecule is CC1=NCC(O)CN1c1ccc(C2CNCCO2)c(F)c1. The number of halogens is 1. The van der Waals surface area contributed by atoms with E-state index < -0.39 is 6.10 Å². The Morgan fingerprint density at radius 1 is 1.48 bits per heavy atom. The molecular weight excluding hydrogens is 273 g/mol. The molecule has 0 saturated carbocycles. The van der Waals surface area contributed by atoms with E-state index in [1.807, 2.05) is 17.9 Å². The highest BCUT2D eigenvalue weighted by Crippen LogP contribution is 2.27. The monoisotopic (exact) mass is 293 g/mol. The average Bonchev–Trinajstić information content (AvgIpc) is 2.50. The summed E-state index contributed by atoms with van der Waals surface area (Å²) >= 11 is 0. The van der Waals surface area contributed by atoms with Crippen LogP contribution in [0.4, 0.5) is 10.1 Å². The molecule has 1 saturated heterocycles. The predicted octanol–water partition coefficient (Wildman–Crippen LogP) is 1.09. The van der Waals surface area contributed by atoms with Crippen molar-refractivity contribution in [3.05, 3.63) is 29.6 Å². The molecule has 6 heteroatoms. The number of amidine groups is 1. The molecule has 2 atom stereocenters. The van der Waals surface area contributed by atoms with Gasteiger partial charge in [-0.3, -0.25) is 4.99 Å². The van der Waals surface area contributed by atoms with Gasteiger partial charge in [0.25, 0.3) is 0 Å². The van der Waals surface area contributed by atoms with Gasteiger partial charge < -0.3 is 20.1 Å². The van der Waals surface area contributed by atoms with Crippen LogP contribution in [0.15, 0.2) is 23.2 Å². The van der Waals surface area contributed by atoms with Gasteiger partial charge in [0.05, 0.1) is 31.9 Å². The molecule has 5 nitrogen and oxygen atoms in total. The Morgan fingerprint density at radius 3 is 3.05 bits per heavy atom. The zero-order chi connectivity index (χ0) is 14.8. The number of nitrogens with zero attached hydrogens (tertiary/aromatic N) is 2. The quantitative estimate of drug-likeness (QED) is 0.857. The normalized spacial score (nSPS) is 26.6. The summed E-state index contributed by atoms with van der Waals surface area (Å²) in [5, 5.41) is 12.9. The Balaban J connectivity index is 1.83. The van der Waals surface area contributed by atoms with Crippen LogP contribution in [0.5, 0.6) is 0 Å². The summed E-state index contributed by atoms with van der Waals surface area (Å²) < 4.78 is 20.0. The van der Waals surface area contributed by atoms with Gasteiger partial charge in [-0.15, -0.1) is 0 Å². The van der Waals surface area contributed by atoms with Gasteiger partial charge >= 0.3 is 0 Å². The molecule has 2 N–H and O–H groups in total. The third-order valence-corrected chi connectivity index (χ3v) is 3.89. The number of nitrogens with one attached hydrogen (secondary N) is 1. The van der Waals surface area contributed by atoms with E-state index in [0.29, 0.717) is 37.5 Å². The predicted molar refractivity (Wildman–Crippen MR) is 79.3 cm³/mol. The van der Waals surface area contributed by atoms with Crippen molar-refractivity contribution >= 4 is 11.5 Å². The van der Waals surface area contributed by atoms with Crippen LogP contribution in [0.1, 0.15) is 18.6 Å². The molecule has 0 aromatic heterocycles. The Bertz CT molecular complexity index is 544. The highest BCUT2D eigenvalue weighted by Gasteiger charge is 2.23. The summed E-state index contributed by atoms with van der Waals surface area (Å²) in [7, 11) is 0. The zero-order valence-electron chi connectivity index (χ0n) is 12.1. The van der Waals surface area contributed by atoms with Crippen molar-refractivity contribution in [2.24, 2.45) is 4.99 Å². The van der Waals surface area contributed by atoms with Crippen molar-refractivity contribution in [2.75, 3.05) is 37.7 Å². The number of ether oxygens (including phenoxy) is 1. The van der Waals surface area contributed by atoms with Crippen molar-refractivity contribution in [3.63, 3.8) is 0 Å². The summed E-state index contributed by atoms with van der Waals surface area (Å²) in [4.78, 5) is 6.08. The van der Waals surface area contributed by atoms with Gasteiger partial charge in [-0.2, -0.15) is 0 Å². The first-order chi connectivity index (χ1) is 10.1. The van der Waals surface area contributed by atoms with Gasteiger partial charge in [-0.05, 0) is 19.1 Å². The number of aliphatic imine (C=N–C) groups is 1. The van der Waals surface area contributed by atoms with Crippen molar-refractivity contribution in [2.45, 2.75) is 19.1 Å². The molecular formula is C15H20FN3O2. The maximum absolute atomic E-state index is 14.4. The molecule has 21 heavy (non-hydrogen) atoms. The van der Waals surface area contributed by atoms with E-state index in [1.165, 1.54) is 6.07 Å². The van der Waals surface area contributed by atoms with E-state index in [9.17, 15) is 9.50 Å². The lowest BCUT2D eigenvalue weighted by Crippen LogP contribution is -2.42. The second kappa shape index (κ2) is 6.09. The number of hydrogen-bond donors (Lipinski definition) is 2. The van der Waals surface area contributed by atoms with Crippen LogP contribution in [-0.4, -0.2) is 49.8 Å². The number of morpholine rings is 1. The van der Waals surface area contributed by atoms with E-state index in [4.69, 9.17) is 4.74 Å². The van der Waals surface area contributed by atoms with Crippen LogP contribution in [0, 0.1) is 5.82 Å². The van der Waals surface area contributed by atoms with Crippen LogP contribution >= 0.6 is 0 Å². The summed E-state index contributed by atoms with van der Waals surface area (Å²) in [6.45, 7) is 4.73. The molecule has 1 aromatic carbocycles. The van der Waals surface area contributed by atoms with E-state index >= 15 is 0 Å². The standard InChI is InChI=1S/C15H20FN3O2/c1-10-18-7-12(20)9-19(10)11-2-3-13(14(16)6-11)15-8-17-4-5-21-15/h2-3,6,12,15,17,20H,4-5,7-9H2,1H3. The Kier molecular flexibility index (Phi) is 4.19. The molecule has 0 amide bonds. The molecule has 3 rings (SSSR count). The van der Waals surface area contributed by atoms with Gasteiger partial charge in [0.2, 0.25) is 0 Å². The number of β-amino-alcohol motifs (C(OH)–C–C–N with tert-alkyl or cyclic N) is 1. The summed E-state index contributed by atoms with van der Waals surface area (Å²) in [5.41, 5.74) is 1.28. The third kappa shape index (κ3) is 3.07. The number of anilines is 1. The maximum atomic E-state index is 14.4. The molecule has 114 valence electrons. The van der Waals surface area contributed by atoms with Gasteiger partial charge in [-0.25, -0.2) is 4.39 Å². The van der Waals surface area contributed by atoms with Gasteiger partial charge in [0.1, 0.15) is 11.7 Å². The first-order valence-electron chi connectivity index (χ1n) is 7.23. The van der Waals surface area contributed by atoms with E-state index in [0.717, 1.165) is 12.4 Å². The first kappa shape index (κ1) is 14.4. The average molecular weight is 293 g/mol. The summed E-state index contributed by atoms with van der Waals surface area (Å²) in [5.74, 6) is 0.511. The van der Waals surface area contributed by atoms with Crippen molar-refractivity contribution in [1.29, 1.82) is 0 Å². The largest absolute Gasteiger partial charge is 0.389 e. The molecule has 0 bridgehead atoms. The summed E-state index contributed by atoms with van der Waals surface area (Å²) in [6.07, 6.45) is -0.753. The van der Waals surface area contributed by atoms with E-state index in [2.05, 4.69) is 10.3 Å². The van der Waals surface area contributed by atoms with Crippen molar-refractivity contribution in [1.82, 2.24) is 5.32 Å². The fourth-order valence-corrected chi connectivity index (χ4v) is 2.73. The molecule has 0 radical (unpaired) electrons. The number of hydrogen-bond acceptors (Lipinski definition) is 5. The Morgan fingerprint density at radius 2 is 2.33 bits per heavy atom. The third-order valence-electron chi connectivity index (χ3n) is 3.89. The molecule has 0 aliphatic carbocycles. The minimum Gasteiger partial charge on any atom is -0.389 e. The fraction of sp³-hybridized carbons (Fsp3) is 0.533. The smallest absolute Gasteiger partial charge is 0.131 e. The fourth-order valence-electron chi connectivity index (χ4n) is 2.73. The highest BCUT2D eigenvalue weighted by atomic mass is 19.1.